The van der Waals surface area contributed by atoms with E-state index in [2.05, 4.69) is 10.6 Å². The van der Waals surface area contributed by atoms with Crippen LogP contribution in [0.5, 0.6) is 11.5 Å². The molecule has 1 atom stereocenters. The molecule has 0 aromatic heterocycles. The second kappa shape index (κ2) is 8.78. The third-order valence-corrected chi connectivity index (χ3v) is 4.68. The van der Waals surface area contributed by atoms with Gasteiger partial charge in [0.25, 0.3) is 5.69 Å². The molecule has 1 aliphatic heterocycles. The predicted molar refractivity (Wildman–Crippen MR) is 113 cm³/mol. The first kappa shape index (κ1) is 21.1. The van der Waals surface area contributed by atoms with Crippen LogP contribution in [0.25, 0.3) is 5.70 Å². The molecule has 0 radical (unpaired) electrons. The summed E-state index contributed by atoms with van der Waals surface area (Å²) in [6.07, 6.45) is 0. The molecule has 0 spiro atoms. The Morgan fingerprint density at radius 2 is 2.00 bits per heavy atom. The van der Waals surface area contributed by atoms with Crippen molar-refractivity contribution in [3.05, 3.63) is 69.3 Å². The summed E-state index contributed by atoms with van der Waals surface area (Å²) < 4.78 is 10.3. The number of hydrogen-bond donors (Lipinski definition) is 3. The van der Waals surface area contributed by atoms with E-state index >= 15 is 0 Å². The van der Waals surface area contributed by atoms with Crippen LogP contribution in [-0.2, 0) is 9.53 Å². The molecule has 3 N–H and O–H groups in total. The van der Waals surface area contributed by atoms with Crippen molar-refractivity contribution in [3.8, 4) is 11.5 Å². The van der Waals surface area contributed by atoms with Gasteiger partial charge >= 0.3 is 5.97 Å². The molecule has 0 aliphatic carbocycles. The van der Waals surface area contributed by atoms with Crippen LogP contribution < -0.4 is 15.4 Å². The maximum Gasteiger partial charge on any atom is 0.338 e. The number of carbonyl (C=O) groups excluding carboxylic acids is 1. The lowest BCUT2D eigenvalue weighted by molar-refractivity contribution is -0.385. The number of non-ortho nitro benzene ring substituents is 1. The number of aromatic hydroxyl groups is 1. The Morgan fingerprint density at radius 3 is 2.60 bits per heavy atom. The highest BCUT2D eigenvalue weighted by atomic mass is 32.1. The number of phenols is 1. The molecule has 0 saturated heterocycles. The summed E-state index contributed by atoms with van der Waals surface area (Å²) in [5.41, 5.74) is 0.908. The monoisotopic (exact) mass is 429 g/mol. The van der Waals surface area contributed by atoms with Crippen molar-refractivity contribution >= 4 is 34.7 Å². The number of nitro benzene ring substituents is 1. The number of esters is 1. The molecule has 0 amide bonds. The first-order valence-corrected chi connectivity index (χ1v) is 9.37. The molecule has 0 bridgehead atoms. The van der Waals surface area contributed by atoms with E-state index in [0.29, 0.717) is 11.3 Å². The van der Waals surface area contributed by atoms with Crippen molar-refractivity contribution in [2.45, 2.75) is 13.0 Å². The lowest BCUT2D eigenvalue weighted by Gasteiger charge is -2.31. The molecular weight excluding hydrogens is 410 g/mol. The van der Waals surface area contributed by atoms with Crippen molar-refractivity contribution in [2.75, 3.05) is 13.7 Å². The summed E-state index contributed by atoms with van der Waals surface area (Å²) in [7, 11) is 1.28. The molecule has 9 nitrogen and oxygen atoms in total. The number of nitrogens with one attached hydrogen (secondary N) is 2. The first-order chi connectivity index (χ1) is 14.4. The summed E-state index contributed by atoms with van der Waals surface area (Å²) in [4.78, 5) is 23.7. The molecule has 0 unspecified atom stereocenters. The Labute approximate surface area is 177 Å². The normalized spacial score (nSPS) is 15.8. The molecule has 1 heterocycles. The van der Waals surface area contributed by atoms with Crippen molar-refractivity contribution < 1.29 is 24.3 Å². The quantitative estimate of drug-likeness (QED) is 0.275. The van der Waals surface area contributed by atoms with Crippen molar-refractivity contribution in [2.24, 2.45) is 0 Å². The number of nitro groups is 1. The van der Waals surface area contributed by atoms with Crippen LogP contribution in [0.2, 0.25) is 0 Å². The largest absolute Gasteiger partial charge is 0.504 e. The van der Waals surface area contributed by atoms with Crippen LogP contribution in [0.3, 0.4) is 0 Å². The Bertz CT molecular complexity index is 1040. The highest BCUT2D eigenvalue weighted by Gasteiger charge is 2.36. The van der Waals surface area contributed by atoms with Gasteiger partial charge in [-0.2, -0.15) is 0 Å². The summed E-state index contributed by atoms with van der Waals surface area (Å²) in [5, 5.41) is 28.1. The second-order valence-electron chi connectivity index (χ2n) is 6.25. The highest BCUT2D eigenvalue weighted by Crippen LogP contribution is 2.42. The Hall–Kier alpha value is -3.66. The van der Waals surface area contributed by atoms with Gasteiger partial charge in [0, 0.05) is 11.6 Å². The van der Waals surface area contributed by atoms with Crippen LogP contribution in [0.4, 0.5) is 5.69 Å². The van der Waals surface area contributed by atoms with Gasteiger partial charge in [-0.05, 0) is 24.7 Å². The molecule has 0 saturated carbocycles. The second-order valence-corrected chi connectivity index (χ2v) is 6.66. The van der Waals surface area contributed by atoms with Gasteiger partial charge in [-0.25, -0.2) is 4.79 Å². The fraction of sp³-hybridized carbons (Fsp3) is 0.200. The third-order valence-electron chi connectivity index (χ3n) is 4.46. The van der Waals surface area contributed by atoms with E-state index in [-0.39, 0.29) is 40.0 Å². The SMILES string of the molecule is CCOC(=O)C1=C(c2ccccc2)NC(=S)N[C@H]1c1cc([N+](=O)[O-])cc(OC)c1O. The van der Waals surface area contributed by atoms with Crippen LogP contribution in [0.1, 0.15) is 24.1 Å². The zero-order chi connectivity index (χ0) is 21.8. The molecule has 1 aliphatic rings. The number of ether oxygens (including phenoxy) is 2. The van der Waals surface area contributed by atoms with Crippen LogP contribution in [0.15, 0.2) is 48.0 Å². The molecular formula is C20H19N3O6S. The van der Waals surface area contributed by atoms with E-state index in [4.69, 9.17) is 21.7 Å². The van der Waals surface area contributed by atoms with Gasteiger partial charge in [-0.1, -0.05) is 30.3 Å². The summed E-state index contributed by atoms with van der Waals surface area (Å²) in [6.45, 7) is 1.78. The maximum absolute atomic E-state index is 12.9. The van der Waals surface area contributed by atoms with Gasteiger partial charge in [0.05, 0.1) is 42.0 Å². The van der Waals surface area contributed by atoms with Gasteiger partial charge in [0.2, 0.25) is 0 Å². The number of methoxy groups -OCH3 is 1. The number of nitrogens with zero attached hydrogens (tertiary/aromatic N) is 1. The zero-order valence-corrected chi connectivity index (χ0v) is 17.0. The van der Waals surface area contributed by atoms with Gasteiger partial charge in [-0.15, -0.1) is 0 Å². The van der Waals surface area contributed by atoms with Crippen molar-refractivity contribution in [1.29, 1.82) is 0 Å². The summed E-state index contributed by atoms with van der Waals surface area (Å²) in [5.74, 6) is -1.11. The number of benzene rings is 2. The minimum absolute atomic E-state index is 0.0568. The summed E-state index contributed by atoms with van der Waals surface area (Å²) >= 11 is 5.30. The predicted octanol–water partition coefficient (Wildman–Crippen LogP) is 2.80. The lowest BCUT2D eigenvalue weighted by atomic mass is 9.91. The fourth-order valence-electron chi connectivity index (χ4n) is 3.15. The third kappa shape index (κ3) is 4.03. The fourth-order valence-corrected chi connectivity index (χ4v) is 3.37. The molecule has 2 aromatic carbocycles. The topological polar surface area (TPSA) is 123 Å². The van der Waals surface area contributed by atoms with E-state index in [0.717, 1.165) is 6.07 Å². The van der Waals surface area contributed by atoms with E-state index in [1.165, 1.54) is 13.2 Å². The molecule has 3 rings (SSSR count). The van der Waals surface area contributed by atoms with Gasteiger partial charge in [0.1, 0.15) is 0 Å². The van der Waals surface area contributed by atoms with E-state index in [1.54, 1.807) is 31.2 Å². The standard InChI is InChI=1S/C20H19N3O6S/c1-3-29-19(25)15-16(11-7-5-4-6-8-11)21-20(30)22-17(15)13-9-12(23(26)27)10-14(28-2)18(13)24/h4-10,17,24H,3H2,1-2H3,(H2,21,22,30)/t17-/m0/s1. The first-order valence-electron chi connectivity index (χ1n) is 8.96. The van der Waals surface area contributed by atoms with Crippen LogP contribution >= 0.6 is 12.2 Å². The smallest absolute Gasteiger partial charge is 0.338 e. The molecule has 0 fully saturated rings. The number of thiocarbonyl (C=S) groups is 1. The van der Waals surface area contributed by atoms with Crippen molar-refractivity contribution in [1.82, 2.24) is 10.6 Å². The number of phenolic OH excluding ortho intramolecular Hbond substituents is 1. The van der Waals surface area contributed by atoms with Crippen LogP contribution in [-0.4, -0.2) is 34.8 Å². The molecule has 2 aromatic rings. The van der Waals surface area contributed by atoms with Crippen LogP contribution in [0, 0.1) is 10.1 Å². The lowest BCUT2D eigenvalue weighted by Crippen LogP contribution is -2.45. The molecule has 30 heavy (non-hydrogen) atoms. The minimum Gasteiger partial charge on any atom is -0.504 e. The molecule has 156 valence electrons. The average Bonchev–Trinajstić information content (AvgIpc) is 2.73. The minimum atomic E-state index is -1.01. The Morgan fingerprint density at radius 1 is 1.30 bits per heavy atom. The summed E-state index contributed by atoms with van der Waals surface area (Å²) in [6, 6.07) is 10.2. The molecule has 10 heteroatoms. The van der Waals surface area contributed by atoms with E-state index in [1.807, 2.05) is 6.07 Å². The average molecular weight is 429 g/mol. The number of hydrogen-bond acceptors (Lipinski definition) is 7. The zero-order valence-electron chi connectivity index (χ0n) is 16.2. The van der Waals surface area contributed by atoms with Crippen molar-refractivity contribution in [3.63, 3.8) is 0 Å². The van der Waals surface area contributed by atoms with Gasteiger partial charge < -0.3 is 25.2 Å². The van der Waals surface area contributed by atoms with Gasteiger partial charge in [0.15, 0.2) is 16.6 Å². The Balaban J connectivity index is 2.29. The number of rotatable bonds is 6. The number of carbonyl (C=O) groups is 1. The Kier molecular flexibility index (Phi) is 6.17. The highest BCUT2D eigenvalue weighted by molar-refractivity contribution is 7.80. The van der Waals surface area contributed by atoms with E-state index in [9.17, 15) is 20.0 Å². The van der Waals surface area contributed by atoms with Gasteiger partial charge in [-0.3, -0.25) is 10.1 Å². The maximum atomic E-state index is 12.9. The van der Waals surface area contributed by atoms with E-state index < -0.39 is 16.9 Å².